The molecule has 1 aromatic heterocycles. The van der Waals surface area contributed by atoms with Gasteiger partial charge in [0.25, 0.3) is 0 Å². The number of nitrogens with zero attached hydrogens (tertiary/aromatic N) is 2. The van der Waals surface area contributed by atoms with Crippen LogP contribution < -0.4 is 11.1 Å². The molecule has 84 valence electrons. The van der Waals surface area contributed by atoms with E-state index >= 15 is 0 Å². The third-order valence-corrected chi connectivity index (χ3v) is 2.34. The summed E-state index contributed by atoms with van der Waals surface area (Å²) in [5.74, 6) is 0.884. The van der Waals surface area contributed by atoms with E-state index in [1.807, 2.05) is 11.6 Å². The minimum Gasteiger partial charge on any atom is -0.394 e. The van der Waals surface area contributed by atoms with Crippen molar-refractivity contribution in [2.24, 2.45) is 0 Å². The minimum atomic E-state index is 0.652. The van der Waals surface area contributed by atoms with Crippen LogP contribution in [0.15, 0.2) is 11.1 Å². The van der Waals surface area contributed by atoms with Crippen molar-refractivity contribution in [1.82, 2.24) is 9.78 Å². The van der Waals surface area contributed by atoms with Crippen LogP contribution >= 0.6 is 15.9 Å². The number of anilines is 2. The Kier molecular flexibility index (Phi) is 4.20. The number of nitrogens with two attached hydrogens (primary N) is 1. The van der Waals surface area contributed by atoms with Crippen molar-refractivity contribution in [3.63, 3.8) is 0 Å². The Labute approximate surface area is 98.7 Å². The van der Waals surface area contributed by atoms with Crippen LogP contribution in [0, 0.1) is 6.92 Å². The first-order chi connectivity index (χ1) is 7.06. The normalized spacial score (nSPS) is 10.3. The lowest BCUT2D eigenvalue weighted by Crippen LogP contribution is -2.10. The molecule has 1 heterocycles. The molecule has 1 rings (SSSR count). The Morgan fingerprint density at radius 1 is 1.67 bits per heavy atom. The minimum absolute atomic E-state index is 0.652. The second-order valence-electron chi connectivity index (χ2n) is 3.44. The van der Waals surface area contributed by atoms with E-state index < -0.39 is 0 Å². The summed E-state index contributed by atoms with van der Waals surface area (Å²) in [6.45, 7) is 9.31. The van der Waals surface area contributed by atoms with Crippen molar-refractivity contribution in [3.05, 3.63) is 16.8 Å². The van der Waals surface area contributed by atoms with Crippen LogP contribution in [0.4, 0.5) is 11.5 Å². The largest absolute Gasteiger partial charge is 0.394 e. The van der Waals surface area contributed by atoms with E-state index in [2.05, 4.69) is 39.8 Å². The fraction of sp³-hybridized carbons (Fsp3) is 0.500. The molecule has 5 heteroatoms. The van der Waals surface area contributed by atoms with Gasteiger partial charge < -0.3 is 11.1 Å². The lowest BCUT2D eigenvalue weighted by molar-refractivity contribution is 0.604. The second kappa shape index (κ2) is 5.21. The van der Waals surface area contributed by atoms with Crippen LogP contribution in [0.3, 0.4) is 0 Å². The highest BCUT2D eigenvalue weighted by Gasteiger charge is 2.11. The summed E-state index contributed by atoms with van der Waals surface area (Å²) < 4.78 is 2.80. The van der Waals surface area contributed by atoms with E-state index in [1.54, 1.807) is 0 Å². The molecule has 0 aliphatic carbocycles. The highest BCUT2D eigenvalue weighted by molar-refractivity contribution is 9.11. The Hall–Kier alpha value is -0.970. The van der Waals surface area contributed by atoms with E-state index in [4.69, 9.17) is 5.73 Å². The molecule has 0 aliphatic rings. The quantitative estimate of drug-likeness (QED) is 0.866. The Morgan fingerprint density at radius 2 is 2.33 bits per heavy atom. The van der Waals surface area contributed by atoms with Crippen molar-refractivity contribution < 1.29 is 0 Å². The van der Waals surface area contributed by atoms with Gasteiger partial charge in [0.2, 0.25) is 0 Å². The topological polar surface area (TPSA) is 55.9 Å². The summed E-state index contributed by atoms with van der Waals surface area (Å²) in [4.78, 5) is 0. The first-order valence-electron chi connectivity index (χ1n) is 4.96. The van der Waals surface area contributed by atoms with Gasteiger partial charge >= 0.3 is 0 Å². The van der Waals surface area contributed by atoms with E-state index in [1.165, 1.54) is 0 Å². The van der Waals surface area contributed by atoms with Crippen LogP contribution in [0.1, 0.15) is 19.0 Å². The van der Waals surface area contributed by atoms with Crippen LogP contribution in [0.5, 0.6) is 0 Å². The molecule has 4 nitrogen and oxygen atoms in total. The van der Waals surface area contributed by atoms with Gasteiger partial charge in [-0.05, 0) is 13.3 Å². The van der Waals surface area contributed by atoms with Gasteiger partial charge in [0.15, 0.2) is 0 Å². The van der Waals surface area contributed by atoms with E-state index in [0.717, 1.165) is 34.6 Å². The predicted octanol–water partition coefficient (Wildman–Crippen LogP) is 2.50. The number of nitrogens with one attached hydrogen (secondary N) is 1. The maximum absolute atomic E-state index is 5.93. The average Bonchev–Trinajstić information content (AvgIpc) is 2.41. The van der Waals surface area contributed by atoms with Crippen molar-refractivity contribution in [2.45, 2.75) is 26.8 Å². The van der Waals surface area contributed by atoms with Crippen LogP contribution in [-0.4, -0.2) is 16.3 Å². The van der Waals surface area contributed by atoms with Crippen molar-refractivity contribution in [2.75, 3.05) is 17.6 Å². The number of hydrogen-bond acceptors (Lipinski definition) is 3. The molecule has 0 amide bonds. The fourth-order valence-electron chi connectivity index (χ4n) is 1.34. The standard InChI is InChI=1S/C10H17BrN4/c1-4-5-15-10(13-6-7(2)11)9(12)8(3)14-15/h13H,2,4-6,12H2,1,3H3. The third-order valence-electron chi connectivity index (χ3n) is 2.06. The smallest absolute Gasteiger partial charge is 0.148 e. The van der Waals surface area contributed by atoms with Crippen LogP contribution in [-0.2, 0) is 6.54 Å². The lowest BCUT2D eigenvalue weighted by Gasteiger charge is -2.09. The predicted molar refractivity (Wildman–Crippen MR) is 68.2 cm³/mol. The molecule has 0 unspecified atom stereocenters. The first-order valence-corrected chi connectivity index (χ1v) is 5.75. The van der Waals surface area contributed by atoms with Gasteiger partial charge in [0.1, 0.15) is 5.82 Å². The van der Waals surface area contributed by atoms with Gasteiger partial charge in [-0.25, -0.2) is 4.68 Å². The van der Waals surface area contributed by atoms with Crippen molar-refractivity contribution in [3.8, 4) is 0 Å². The Balaban J connectivity index is 2.86. The molecule has 3 N–H and O–H groups in total. The highest BCUT2D eigenvalue weighted by atomic mass is 79.9. The van der Waals surface area contributed by atoms with E-state index in [9.17, 15) is 0 Å². The molecule has 1 aromatic rings. The molecule has 0 fully saturated rings. The summed E-state index contributed by atoms with van der Waals surface area (Å²) in [7, 11) is 0. The maximum Gasteiger partial charge on any atom is 0.148 e. The molecular weight excluding hydrogens is 256 g/mol. The van der Waals surface area contributed by atoms with Crippen LogP contribution in [0.25, 0.3) is 0 Å². The van der Waals surface area contributed by atoms with E-state index in [0.29, 0.717) is 6.54 Å². The molecule has 0 atom stereocenters. The number of hydrogen-bond donors (Lipinski definition) is 2. The number of rotatable bonds is 5. The molecule has 0 saturated heterocycles. The Bertz CT molecular complexity index is 357. The molecule has 0 aliphatic heterocycles. The molecule has 15 heavy (non-hydrogen) atoms. The zero-order valence-corrected chi connectivity index (χ0v) is 10.8. The number of aromatic nitrogens is 2. The van der Waals surface area contributed by atoms with Gasteiger partial charge in [-0.15, -0.1) is 0 Å². The van der Waals surface area contributed by atoms with Gasteiger partial charge in [0, 0.05) is 17.6 Å². The van der Waals surface area contributed by atoms with Crippen molar-refractivity contribution >= 4 is 27.4 Å². The summed E-state index contributed by atoms with van der Waals surface area (Å²) >= 11 is 3.30. The molecule has 0 saturated carbocycles. The molecule has 0 radical (unpaired) electrons. The monoisotopic (exact) mass is 272 g/mol. The summed E-state index contributed by atoms with van der Waals surface area (Å²) in [5.41, 5.74) is 7.52. The number of nitrogen functional groups attached to an aromatic ring is 1. The zero-order valence-electron chi connectivity index (χ0n) is 9.18. The van der Waals surface area contributed by atoms with E-state index in [-0.39, 0.29) is 0 Å². The third kappa shape index (κ3) is 2.99. The maximum atomic E-state index is 5.93. The summed E-state index contributed by atoms with van der Waals surface area (Å²) in [6.07, 6.45) is 1.03. The average molecular weight is 273 g/mol. The first kappa shape index (κ1) is 12.1. The zero-order chi connectivity index (χ0) is 11.4. The fourth-order valence-corrected chi connectivity index (χ4v) is 1.48. The van der Waals surface area contributed by atoms with Gasteiger partial charge in [0.05, 0.1) is 11.4 Å². The second-order valence-corrected chi connectivity index (χ2v) is 4.56. The van der Waals surface area contributed by atoms with Crippen LogP contribution in [0.2, 0.25) is 0 Å². The lowest BCUT2D eigenvalue weighted by atomic mass is 10.4. The number of halogens is 1. The summed E-state index contributed by atoms with van der Waals surface area (Å²) in [5, 5.41) is 7.58. The molecule has 0 bridgehead atoms. The van der Waals surface area contributed by atoms with Gasteiger partial charge in [-0.3, -0.25) is 0 Å². The van der Waals surface area contributed by atoms with Gasteiger partial charge in [-0.1, -0.05) is 29.4 Å². The SMILES string of the molecule is C=C(Br)CNc1c(N)c(C)nn1CCC. The summed E-state index contributed by atoms with van der Waals surface area (Å²) in [6, 6.07) is 0. The van der Waals surface area contributed by atoms with Crippen molar-refractivity contribution in [1.29, 1.82) is 0 Å². The number of aryl methyl sites for hydroxylation is 2. The molecule has 0 aromatic carbocycles. The molecule has 0 spiro atoms. The Morgan fingerprint density at radius 3 is 2.87 bits per heavy atom. The highest BCUT2D eigenvalue weighted by Crippen LogP contribution is 2.22. The molecular formula is C10H17BrN4. The van der Waals surface area contributed by atoms with Gasteiger partial charge in [-0.2, -0.15) is 5.10 Å².